The van der Waals surface area contributed by atoms with E-state index in [1.54, 1.807) is 12.1 Å². The van der Waals surface area contributed by atoms with Crippen molar-refractivity contribution in [3.05, 3.63) is 29.8 Å². The molecule has 0 spiro atoms. The molecule has 0 heterocycles. The van der Waals surface area contributed by atoms with Crippen LogP contribution in [0.1, 0.15) is 5.56 Å². The largest absolute Gasteiger partial charge is 0.504 e. The van der Waals surface area contributed by atoms with Gasteiger partial charge in [0.2, 0.25) is 0 Å². The molecule has 0 saturated carbocycles. The van der Waals surface area contributed by atoms with Gasteiger partial charge in [-0.05, 0) is 17.7 Å². The lowest BCUT2D eigenvalue weighted by atomic mass is 10.2. The van der Waals surface area contributed by atoms with Gasteiger partial charge in [0.15, 0.2) is 11.5 Å². The molecular formula is C10H12O2S. The number of aromatic hydroxyl groups is 1. The predicted molar refractivity (Wildman–Crippen MR) is 57.5 cm³/mol. The standard InChI is InChI=1S/C10H12O2S/c1-12-10-7-8(3-2-6-13)4-5-9(10)11/h2-5,7,11,13H,6H2,1H3. The first-order chi connectivity index (χ1) is 6.27. The molecule has 2 nitrogen and oxygen atoms in total. The zero-order chi connectivity index (χ0) is 9.68. The molecule has 0 unspecified atom stereocenters. The number of hydrogen-bond acceptors (Lipinski definition) is 3. The third-order valence-corrected chi connectivity index (χ3v) is 1.83. The van der Waals surface area contributed by atoms with E-state index in [0.29, 0.717) is 11.5 Å². The Bertz CT molecular complexity index is 308. The van der Waals surface area contributed by atoms with E-state index < -0.39 is 0 Å². The summed E-state index contributed by atoms with van der Waals surface area (Å²) in [5, 5.41) is 9.30. The molecule has 0 atom stereocenters. The quantitative estimate of drug-likeness (QED) is 0.727. The number of thiol groups is 1. The monoisotopic (exact) mass is 196 g/mol. The van der Waals surface area contributed by atoms with Gasteiger partial charge >= 0.3 is 0 Å². The van der Waals surface area contributed by atoms with Gasteiger partial charge in [0, 0.05) is 5.75 Å². The minimum atomic E-state index is 0.158. The van der Waals surface area contributed by atoms with E-state index in [2.05, 4.69) is 12.6 Å². The van der Waals surface area contributed by atoms with E-state index in [1.807, 2.05) is 18.2 Å². The lowest BCUT2D eigenvalue weighted by Crippen LogP contribution is -1.84. The van der Waals surface area contributed by atoms with E-state index in [9.17, 15) is 5.11 Å². The maximum atomic E-state index is 9.30. The van der Waals surface area contributed by atoms with E-state index >= 15 is 0 Å². The van der Waals surface area contributed by atoms with Crippen LogP contribution in [-0.2, 0) is 0 Å². The molecule has 0 aliphatic carbocycles. The van der Waals surface area contributed by atoms with Crippen molar-refractivity contribution in [3.63, 3.8) is 0 Å². The third kappa shape index (κ3) is 2.70. The van der Waals surface area contributed by atoms with Crippen molar-refractivity contribution in [3.8, 4) is 11.5 Å². The Morgan fingerprint density at radius 2 is 2.31 bits per heavy atom. The number of methoxy groups -OCH3 is 1. The third-order valence-electron chi connectivity index (χ3n) is 1.62. The molecule has 0 bridgehead atoms. The maximum absolute atomic E-state index is 9.30. The summed E-state index contributed by atoms with van der Waals surface area (Å²) < 4.78 is 4.96. The number of phenolic OH excluding ortho intramolecular Hbond substituents is 1. The molecule has 1 rings (SSSR count). The summed E-state index contributed by atoms with van der Waals surface area (Å²) in [5.74, 6) is 1.34. The molecule has 70 valence electrons. The maximum Gasteiger partial charge on any atom is 0.161 e. The van der Waals surface area contributed by atoms with Crippen molar-refractivity contribution in [2.45, 2.75) is 0 Å². The van der Waals surface area contributed by atoms with E-state index in [1.165, 1.54) is 7.11 Å². The van der Waals surface area contributed by atoms with Crippen LogP contribution >= 0.6 is 12.6 Å². The van der Waals surface area contributed by atoms with Gasteiger partial charge in [0.25, 0.3) is 0 Å². The van der Waals surface area contributed by atoms with Gasteiger partial charge in [-0.15, -0.1) is 0 Å². The lowest BCUT2D eigenvalue weighted by molar-refractivity contribution is 0.373. The molecule has 0 amide bonds. The van der Waals surface area contributed by atoms with Gasteiger partial charge in [-0.2, -0.15) is 12.6 Å². The van der Waals surface area contributed by atoms with Crippen LogP contribution in [0.15, 0.2) is 24.3 Å². The second kappa shape index (κ2) is 4.82. The summed E-state index contributed by atoms with van der Waals surface area (Å²) in [6, 6.07) is 5.20. The van der Waals surface area contributed by atoms with Crippen LogP contribution in [0.4, 0.5) is 0 Å². The Labute approximate surface area is 83.3 Å². The molecule has 0 aliphatic rings. The van der Waals surface area contributed by atoms with Crippen molar-refractivity contribution in [2.24, 2.45) is 0 Å². The minimum Gasteiger partial charge on any atom is -0.504 e. The predicted octanol–water partition coefficient (Wildman–Crippen LogP) is 2.34. The van der Waals surface area contributed by atoms with Crippen molar-refractivity contribution < 1.29 is 9.84 Å². The summed E-state index contributed by atoms with van der Waals surface area (Å²) in [6.45, 7) is 0. The van der Waals surface area contributed by atoms with E-state index in [-0.39, 0.29) is 5.75 Å². The SMILES string of the molecule is COc1cc(C=CCS)ccc1O. The van der Waals surface area contributed by atoms with Gasteiger partial charge in [-0.1, -0.05) is 18.2 Å². The van der Waals surface area contributed by atoms with Crippen LogP contribution in [0, 0.1) is 0 Å². The van der Waals surface area contributed by atoms with Crippen LogP contribution in [0.2, 0.25) is 0 Å². The molecule has 1 aromatic rings. The molecule has 0 radical (unpaired) electrons. The minimum absolute atomic E-state index is 0.158. The van der Waals surface area contributed by atoms with Crippen LogP contribution in [0.5, 0.6) is 11.5 Å². The molecule has 0 fully saturated rings. The molecule has 1 N–H and O–H groups in total. The van der Waals surface area contributed by atoms with E-state index in [4.69, 9.17) is 4.74 Å². The normalized spacial score (nSPS) is 10.6. The number of benzene rings is 1. The van der Waals surface area contributed by atoms with Gasteiger partial charge in [0.05, 0.1) is 7.11 Å². The topological polar surface area (TPSA) is 29.5 Å². The summed E-state index contributed by atoms with van der Waals surface area (Å²) in [4.78, 5) is 0. The lowest BCUT2D eigenvalue weighted by Gasteiger charge is -2.03. The Morgan fingerprint density at radius 3 is 2.92 bits per heavy atom. The number of hydrogen-bond donors (Lipinski definition) is 2. The summed E-state index contributed by atoms with van der Waals surface area (Å²) in [6.07, 6.45) is 3.85. The van der Waals surface area contributed by atoms with Crippen molar-refractivity contribution in [2.75, 3.05) is 12.9 Å². The highest BCUT2D eigenvalue weighted by Gasteiger charge is 1.99. The molecule has 0 aliphatic heterocycles. The second-order valence-corrected chi connectivity index (χ2v) is 2.88. The number of ether oxygens (including phenoxy) is 1. The van der Waals surface area contributed by atoms with Crippen molar-refractivity contribution in [1.82, 2.24) is 0 Å². The van der Waals surface area contributed by atoms with E-state index in [0.717, 1.165) is 5.56 Å². The average molecular weight is 196 g/mol. The molecule has 1 aromatic carbocycles. The van der Waals surface area contributed by atoms with Crippen molar-refractivity contribution in [1.29, 1.82) is 0 Å². The highest BCUT2D eigenvalue weighted by Crippen LogP contribution is 2.26. The number of rotatable bonds is 3. The fourth-order valence-corrected chi connectivity index (χ4v) is 1.09. The average Bonchev–Trinajstić information content (AvgIpc) is 2.16. The summed E-state index contributed by atoms with van der Waals surface area (Å²) in [7, 11) is 1.53. The van der Waals surface area contributed by atoms with Crippen LogP contribution in [-0.4, -0.2) is 18.0 Å². The van der Waals surface area contributed by atoms with Crippen molar-refractivity contribution >= 4 is 18.7 Å². The summed E-state index contributed by atoms with van der Waals surface area (Å²) in [5.41, 5.74) is 0.990. The first-order valence-corrected chi connectivity index (χ1v) is 4.55. The molecule has 13 heavy (non-hydrogen) atoms. The van der Waals surface area contributed by atoms with Crippen LogP contribution in [0.25, 0.3) is 6.08 Å². The molecule has 0 aromatic heterocycles. The fourth-order valence-electron chi connectivity index (χ4n) is 0.987. The highest BCUT2D eigenvalue weighted by molar-refractivity contribution is 7.80. The highest BCUT2D eigenvalue weighted by atomic mass is 32.1. The zero-order valence-electron chi connectivity index (χ0n) is 7.40. The van der Waals surface area contributed by atoms with Gasteiger partial charge in [-0.3, -0.25) is 0 Å². The smallest absolute Gasteiger partial charge is 0.161 e. The van der Waals surface area contributed by atoms with Gasteiger partial charge in [0.1, 0.15) is 0 Å². The fraction of sp³-hybridized carbons (Fsp3) is 0.200. The Balaban J connectivity index is 2.92. The summed E-state index contributed by atoms with van der Waals surface area (Å²) >= 11 is 4.05. The van der Waals surface area contributed by atoms with Crippen LogP contribution < -0.4 is 4.74 Å². The van der Waals surface area contributed by atoms with Gasteiger partial charge in [-0.25, -0.2) is 0 Å². The first kappa shape index (κ1) is 9.99. The number of phenols is 1. The molecule has 3 heteroatoms. The zero-order valence-corrected chi connectivity index (χ0v) is 8.29. The first-order valence-electron chi connectivity index (χ1n) is 3.92. The Kier molecular flexibility index (Phi) is 3.71. The Hall–Kier alpha value is -1.09. The Morgan fingerprint density at radius 1 is 1.54 bits per heavy atom. The molecule has 0 saturated heterocycles. The second-order valence-electron chi connectivity index (χ2n) is 2.52. The van der Waals surface area contributed by atoms with Crippen LogP contribution in [0.3, 0.4) is 0 Å². The molecular weight excluding hydrogens is 184 g/mol. The van der Waals surface area contributed by atoms with Gasteiger partial charge < -0.3 is 9.84 Å².